The fraction of sp³-hybridized carbons (Fsp3) is 0.174. The Bertz CT molecular complexity index is 1130. The van der Waals surface area contributed by atoms with Crippen LogP contribution in [0.1, 0.15) is 29.8 Å². The third kappa shape index (κ3) is 4.41. The van der Waals surface area contributed by atoms with E-state index in [2.05, 4.69) is 15.4 Å². The minimum absolute atomic E-state index is 0.0172. The topological polar surface area (TPSA) is 69.0 Å². The van der Waals surface area contributed by atoms with E-state index in [1.165, 1.54) is 0 Å². The van der Waals surface area contributed by atoms with Gasteiger partial charge in [0.25, 0.3) is 5.91 Å². The van der Waals surface area contributed by atoms with Crippen LogP contribution in [-0.2, 0) is 0 Å². The standard InChI is InChI=1S/C23H22N4O2S/c1-15(2)29-23-25-21(20-5-4-14-30-20)27(26-23)19-12-10-18(11-13-19)24-22(28)17-8-6-16(3)7-9-17/h4-15H,1-3H3,(H,24,28). The number of carbonyl (C=O) groups excluding carboxylic acids is 1. The van der Waals surface area contributed by atoms with Gasteiger partial charge in [0.15, 0.2) is 5.82 Å². The second-order valence-electron chi connectivity index (χ2n) is 7.14. The van der Waals surface area contributed by atoms with Crippen molar-refractivity contribution >= 4 is 22.9 Å². The van der Waals surface area contributed by atoms with Gasteiger partial charge in [-0.3, -0.25) is 4.79 Å². The van der Waals surface area contributed by atoms with Gasteiger partial charge in [-0.15, -0.1) is 16.4 Å². The number of benzene rings is 2. The van der Waals surface area contributed by atoms with Crippen LogP contribution in [0.4, 0.5) is 5.69 Å². The lowest BCUT2D eigenvalue weighted by molar-refractivity contribution is 0.102. The number of aromatic nitrogens is 3. The van der Waals surface area contributed by atoms with Crippen LogP contribution >= 0.6 is 11.3 Å². The van der Waals surface area contributed by atoms with Crippen molar-refractivity contribution < 1.29 is 9.53 Å². The Balaban J connectivity index is 1.58. The molecule has 2 aromatic heterocycles. The van der Waals surface area contributed by atoms with Gasteiger partial charge >= 0.3 is 6.01 Å². The number of aryl methyl sites for hydroxylation is 1. The molecule has 0 bridgehead atoms. The van der Waals surface area contributed by atoms with E-state index in [0.717, 1.165) is 22.0 Å². The third-order valence-corrected chi connectivity index (χ3v) is 5.22. The maximum Gasteiger partial charge on any atom is 0.336 e. The van der Waals surface area contributed by atoms with Crippen LogP contribution in [0.3, 0.4) is 0 Å². The summed E-state index contributed by atoms with van der Waals surface area (Å²) in [5.74, 6) is 0.576. The average molecular weight is 419 g/mol. The summed E-state index contributed by atoms with van der Waals surface area (Å²) in [4.78, 5) is 18.0. The van der Waals surface area contributed by atoms with Crippen molar-refractivity contribution in [1.82, 2.24) is 14.8 Å². The van der Waals surface area contributed by atoms with Gasteiger partial charge in [-0.25, -0.2) is 4.68 Å². The van der Waals surface area contributed by atoms with Gasteiger partial charge in [0.05, 0.1) is 16.7 Å². The molecule has 0 aliphatic rings. The fourth-order valence-corrected chi connectivity index (χ4v) is 3.59. The molecule has 1 N–H and O–H groups in total. The van der Waals surface area contributed by atoms with Gasteiger partial charge in [0, 0.05) is 11.3 Å². The van der Waals surface area contributed by atoms with Crippen LogP contribution in [-0.4, -0.2) is 26.8 Å². The van der Waals surface area contributed by atoms with E-state index in [1.807, 2.05) is 86.8 Å². The summed E-state index contributed by atoms with van der Waals surface area (Å²) >= 11 is 1.59. The molecule has 7 heteroatoms. The van der Waals surface area contributed by atoms with Gasteiger partial charge < -0.3 is 10.1 Å². The predicted octanol–water partition coefficient (Wildman–Crippen LogP) is 5.34. The predicted molar refractivity (Wildman–Crippen MR) is 120 cm³/mol. The number of hydrogen-bond donors (Lipinski definition) is 1. The van der Waals surface area contributed by atoms with E-state index in [1.54, 1.807) is 16.0 Å². The van der Waals surface area contributed by atoms with Gasteiger partial charge in [-0.2, -0.15) is 4.98 Å². The molecule has 0 saturated heterocycles. The largest absolute Gasteiger partial charge is 0.460 e. The Morgan fingerprint density at radius 1 is 1.07 bits per heavy atom. The molecule has 0 unspecified atom stereocenters. The summed E-state index contributed by atoms with van der Waals surface area (Å²) in [6.45, 7) is 5.88. The Morgan fingerprint density at radius 3 is 2.43 bits per heavy atom. The summed E-state index contributed by atoms with van der Waals surface area (Å²) in [6.07, 6.45) is -0.0172. The summed E-state index contributed by atoms with van der Waals surface area (Å²) in [6, 6.07) is 19.3. The zero-order valence-corrected chi connectivity index (χ0v) is 17.8. The molecule has 0 atom stereocenters. The van der Waals surface area contributed by atoms with Crippen molar-refractivity contribution in [3.8, 4) is 22.4 Å². The summed E-state index contributed by atoms with van der Waals surface area (Å²) in [7, 11) is 0. The van der Waals surface area contributed by atoms with Crippen molar-refractivity contribution in [3.05, 3.63) is 77.2 Å². The lowest BCUT2D eigenvalue weighted by atomic mass is 10.1. The minimum atomic E-state index is -0.143. The molecule has 1 amide bonds. The van der Waals surface area contributed by atoms with Crippen molar-refractivity contribution in [1.29, 1.82) is 0 Å². The molecule has 2 heterocycles. The summed E-state index contributed by atoms with van der Waals surface area (Å²) in [5, 5.41) is 9.45. The van der Waals surface area contributed by atoms with E-state index >= 15 is 0 Å². The minimum Gasteiger partial charge on any atom is -0.460 e. The Hall–Kier alpha value is -3.45. The lowest BCUT2D eigenvalue weighted by Crippen LogP contribution is -2.11. The Kier molecular flexibility index (Phi) is 5.63. The van der Waals surface area contributed by atoms with E-state index in [-0.39, 0.29) is 12.0 Å². The molecule has 4 aromatic rings. The van der Waals surface area contributed by atoms with Gasteiger partial charge in [0.2, 0.25) is 0 Å². The zero-order chi connectivity index (χ0) is 21.1. The summed E-state index contributed by atoms with van der Waals surface area (Å²) in [5.41, 5.74) is 3.28. The SMILES string of the molecule is Cc1ccc(C(=O)Nc2ccc(-n3nc(OC(C)C)nc3-c3cccs3)cc2)cc1. The van der Waals surface area contributed by atoms with Crippen LogP contribution in [0.25, 0.3) is 16.4 Å². The van der Waals surface area contributed by atoms with Crippen molar-refractivity contribution in [2.45, 2.75) is 26.9 Å². The first-order valence-electron chi connectivity index (χ1n) is 9.65. The molecule has 0 saturated carbocycles. The van der Waals surface area contributed by atoms with Gasteiger partial charge in [-0.05, 0) is 68.6 Å². The first kappa shape index (κ1) is 19.8. The van der Waals surface area contributed by atoms with E-state index in [9.17, 15) is 4.79 Å². The van der Waals surface area contributed by atoms with Crippen LogP contribution in [0.2, 0.25) is 0 Å². The number of thiophene rings is 1. The smallest absolute Gasteiger partial charge is 0.336 e. The number of nitrogens with one attached hydrogen (secondary N) is 1. The van der Waals surface area contributed by atoms with E-state index in [4.69, 9.17) is 4.74 Å². The van der Waals surface area contributed by atoms with E-state index in [0.29, 0.717) is 17.3 Å². The molecule has 6 nitrogen and oxygen atoms in total. The molecule has 2 aromatic carbocycles. The number of hydrogen-bond acceptors (Lipinski definition) is 5. The molecule has 30 heavy (non-hydrogen) atoms. The maximum absolute atomic E-state index is 12.4. The summed E-state index contributed by atoms with van der Waals surface area (Å²) < 4.78 is 7.45. The highest BCUT2D eigenvalue weighted by molar-refractivity contribution is 7.13. The lowest BCUT2D eigenvalue weighted by Gasteiger charge is -2.08. The Labute approximate surface area is 179 Å². The van der Waals surface area contributed by atoms with Gasteiger partial charge in [0.1, 0.15) is 0 Å². The highest BCUT2D eigenvalue weighted by atomic mass is 32.1. The monoisotopic (exact) mass is 418 g/mol. The molecular weight excluding hydrogens is 396 g/mol. The average Bonchev–Trinajstić information content (AvgIpc) is 3.38. The normalized spacial score (nSPS) is 10.9. The fourth-order valence-electron chi connectivity index (χ4n) is 2.89. The molecule has 0 aliphatic carbocycles. The molecule has 0 spiro atoms. The van der Waals surface area contributed by atoms with Gasteiger partial charge in [-0.1, -0.05) is 23.8 Å². The van der Waals surface area contributed by atoms with Crippen molar-refractivity contribution in [2.24, 2.45) is 0 Å². The van der Waals surface area contributed by atoms with Crippen LogP contribution in [0.5, 0.6) is 6.01 Å². The number of ether oxygens (including phenoxy) is 1. The number of anilines is 1. The van der Waals surface area contributed by atoms with Crippen molar-refractivity contribution in [2.75, 3.05) is 5.32 Å². The molecule has 0 radical (unpaired) electrons. The molecule has 0 fully saturated rings. The third-order valence-electron chi connectivity index (χ3n) is 4.35. The quantitative estimate of drug-likeness (QED) is 0.459. The molecule has 0 aliphatic heterocycles. The Morgan fingerprint density at radius 2 is 1.80 bits per heavy atom. The maximum atomic E-state index is 12.4. The highest BCUT2D eigenvalue weighted by Gasteiger charge is 2.16. The van der Waals surface area contributed by atoms with Crippen LogP contribution < -0.4 is 10.1 Å². The number of nitrogens with zero attached hydrogens (tertiary/aromatic N) is 3. The highest BCUT2D eigenvalue weighted by Crippen LogP contribution is 2.28. The molecule has 152 valence electrons. The number of rotatable bonds is 6. The number of carbonyl (C=O) groups is 1. The molecular formula is C23H22N4O2S. The van der Waals surface area contributed by atoms with E-state index < -0.39 is 0 Å². The number of amides is 1. The molecule has 4 rings (SSSR count). The van der Waals surface area contributed by atoms with Crippen LogP contribution in [0, 0.1) is 6.92 Å². The first-order valence-corrected chi connectivity index (χ1v) is 10.5. The zero-order valence-electron chi connectivity index (χ0n) is 17.0. The van der Waals surface area contributed by atoms with Crippen molar-refractivity contribution in [3.63, 3.8) is 0 Å². The first-order chi connectivity index (χ1) is 14.5. The second kappa shape index (κ2) is 8.51. The second-order valence-corrected chi connectivity index (χ2v) is 8.09. The van der Waals surface area contributed by atoms with Crippen LogP contribution in [0.15, 0.2) is 66.0 Å².